The van der Waals surface area contributed by atoms with Crippen LogP contribution in [0.5, 0.6) is 5.75 Å². The van der Waals surface area contributed by atoms with Gasteiger partial charge in [-0.15, -0.1) is 0 Å². The number of aryl methyl sites for hydroxylation is 1. The van der Waals surface area contributed by atoms with E-state index in [0.29, 0.717) is 9.23 Å². The van der Waals surface area contributed by atoms with E-state index in [1.807, 2.05) is 61.5 Å². The summed E-state index contributed by atoms with van der Waals surface area (Å²) in [6.45, 7) is 1.98. The molecule has 0 aromatic heterocycles. The number of nitrogens with zero attached hydrogens (tertiary/aromatic N) is 1. The SMILES string of the molecule is COc1ccc(/C=C2/SC(=S)N(c3ccccc3)C2=O)cc1C. The van der Waals surface area contributed by atoms with Crippen molar-refractivity contribution in [2.24, 2.45) is 0 Å². The first-order valence-electron chi connectivity index (χ1n) is 7.08. The second-order valence-corrected chi connectivity index (χ2v) is 6.76. The lowest BCUT2D eigenvalue weighted by Gasteiger charge is -2.13. The molecule has 23 heavy (non-hydrogen) atoms. The van der Waals surface area contributed by atoms with E-state index in [1.165, 1.54) is 11.8 Å². The molecule has 5 heteroatoms. The van der Waals surface area contributed by atoms with E-state index in [0.717, 1.165) is 22.6 Å². The molecule has 0 saturated carbocycles. The lowest BCUT2D eigenvalue weighted by molar-refractivity contribution is -0.113. The molecule has 1 fully saturated rings. The smallest absolute Gasteiger partial charge is 0.270 e. The first-order valence-corrected chi connectivity index (χ1v) is 8.30. The van der Waals surface area contributed by atoms with E-state index in [9.17, 15) is 4.79 Å². The van der Waals surface area contributed by atoms with Crippen LogP contribution < -0.4 is 9.64 Å². The number of benzene rings is 2. The molecule has 116 valence electrons. The number of hydrogen-bond donors (Lipinski definition) is 0. The number of carbonyl (C=O) groups excluding carboxylic acids is 1. The van der Waals surface area contributed by atoms with Crippen molar-refractivity contribution < 1.29 is 9.53 Å². The number of anilines is 1. The zero-order valence-corrected chi connectivity index (χ0v) is 14.4. The Morgan fingerprint density at radius 2 is 1.91 bits per heavy atom. The molecule has 1 saturated heterocycles. The van der Waals surface area contributed by atoms with Crippen LogP contribution in [0.2, 0.25) is 0 Å². The van der Waals surface area contributed by atoms with Gasteiger partial charge in [0.05, 0.1) is 17.7 Å². The quantitative estimate of drug-likeness (QED) is 0.611. The van der Waals surface area contributed by atoms with Crippen LogP contribution in [-0.4, -0.2) is 17.3 Å². The van der Waals surface area contributed by atoms with E-state index in [1.54, 1.807) is 12.0 Å². The first-order chi connectivity index (χ1) is 11.1. The van der Waals surface area contributed by atoms with Gasteiger partial charge in [0.25, 0.3) is 5.91 Å². The zero-order chi connectivity index (χ0) is 16.4. The van der Waals surface area contributed by atoms with Crippen molar-refractivity contribution >= 4 is 46.0 Å². The number of rotatable bonds is 3. The third-order valence-corrected chi connectivity index (χ3v) is 4.83. The maximum Gasteiger partial charge on any atom is 0.270 e. The van der Waals surface area contributed by atoms with Crippen molar-refractivity contribution in [3.8, 4) is 5.75 Å². The number of thioether (sulfide) groups is 1. The summed E-state index contributed by atoms with van der Waals surface area (Å²) in [4.78, 5) is 14.9. The predicted octanol–water partition coefficient (Wildman–Crippen LogP) is 4.41. The highest BCUT2D eigenvalue weighted by molar-refractivity contribution is 8.27. The molecule has 0 aliphatic carbocycles. The van der Waals surface area contributed by atoms with Crippen LogP contribution in [0.4, 0.5) is 5.69 Å². The van der Waals surface area contributed by atoms with Crippen LogP contribution in [0.25, 0.3) is 6.08 Å². The van der Waals surface area contributed by atoms with Crippen molar-refractivity contribution in [1.29, 1.82) is 0 Å². The van der Waals surface area contributed by atoms with Gasteiger partial charge in [0.2, 0.25) is 0 Å². The molecule has 0 spiro atoms. The van der Waals surface area contributed by atoms with E-state index in [2.05, 4.69) is 0 Å². The normalized spacial score (nSPS) is 16.3. The van der Waals surface area contributed by atoms with Crippen molar-refractivity contribution in [2.75, 3.05) is 12.0 Å². The van der Waals surface area contributed by atoms with Gasteiger partial charge in [0, 0.05) is 0 Å². The molecule has 1 heterocycles. The lowest BCUT2D eigenvalue weighted by Crippen LogP contribution is -2.27. The molecule has 0 unspecified atom stereocenters. The van der Waals surface area contributed by atoms with Crippen LogP contribution in [0.1, 0.15) is 11.1 Å². The summed E-state index contributed by atoms with van der Waals surface area (Å²) in [5, 5.41) is 0. The highest BCUT2D eigenvalue weighted by Gasteiger charge is 2.33. The zero-order valence-electron chi connectivity index (χ0n) is 12.8. The minimum absolute atomic E-state index is 0.0836. The van der Waals surface area contributed by atoms with Gasteiger partial charge in [-0.25, -0.2) is 0 Å². The molecule has 2 aromatic rings. The molecule has 1 aliphatic rings. The van der Waals surface area contributed by atoms with Gasteiger partial charge in [-0.1, -0.05) is 48.2 Å². The van der Waals surface area contributed by atoms with Crippen molar-refractivity contribution in [2.45, 2.75) is 6.92 Å². The highest BCUT2D eigenvalue weighted by Crippen LogP contribution is 2.36. The summed E-state index contributed by atoms with van der Waals surface area (Å²) in [6.07, 6.45) is 1.87. The summed E-state index contributed by atoms with van der Waals surface area (Å²) < 4.78 is 5.81. The van der Waals surface area contributed by atoms with Crippen LogP contribution in [0, 0.1) is 6.92 Å². The Balaban J connectivity index is 1.91. The molecule has 0 bridgehead atoms. The molecule has 1 aliphatic heterocycles. The number of para-hydroxylation sites is 1. The van der Waals surface area contributed by atoms with Gasteiger partial charge >= 0.3 is 0 Å². The summed E-state index contributed by atoms with van der Waals surface area (Å²) in [7, 11) is 1.65. The molecule has 0 radical (unpaired) electrons. The van der Waals surface area contributed by atoms with Crippen LogP contribution in [0.3, 0.4) is 0 Å². The van der Waals surface area contributed by atoms with Gasteiger partial charge in [-0.05, 0) is 48.4 Å². The topological polar surface area (TPSA) is 29.5 Å². The second kappa shape index (κ2) is 6.56. The van der Waals surface area contributed by atoms with Crippen LogP contribution in [0.15, 0.2) is 53.4 Å². The maximum atomic E-state index is 12.7. The number of hydrogen-bond acceptors (Lipinski definition) is 4. The third-order valence-electron chi connectivity index (χ3n) is 3.52. The number of carbonyl (C=O) groups is 1. The molecular formula is C18H15NO2S2. The molecule has 0 N–H and O–H groups in total. The lowest BCUT2D eigenvalue weighted by atomic mass is 10.1. The fourth-order valence-electron chi connectivity index (χ4n) is 2.41. The Hall–Kier alpha value is -2.11. The standard InChI is InChI=1S/C18H15NO2S2/c1-12-10-13(8-9-15(12)21-2)11-16-17(20)19(18(22)23-16)14-6-4-3-5-7-14/h3-11H,1-2H3/b16-11+. The molecule has 0 atom stereocenters. The maximum absolute atomic E-state index is 12.7. The molecule has 3 rings (SSSR count). The molecule has 2 aromatic carbocycles. The summed E-state index contributed by atoms with van der Waals surface area (Å²) in [5.41, 5.74) is 2.78. The fraction of sp³-hybridized carbons (Fsp3) is 0.111. The van der Waals surface area contributed by atoms with Gasteiger partial charge < -0.3 is 4.74 Å². The monoisotopic (exact) mass is 341 g/mol. The summed E-state index contributed by atoms with van der Waals surface area (Å²) in [5.74, 6) is 0.749. The fourth-order valence-corrected chi connectivity index (χ4v) is 3.71. The summed E-state index contributed by atoms with van der Waals surface area (Å²) >= 11 is 6.69. The number of methoxy groups -OCH3 is 1. The van der Waals surface area contributed by atoms with Gasteiger partial charge in [-0.2, -0.15) is 0 Å². The number of thiocarbonyl (C=S) groups is 1. The number of ether oxygens (including phenoxy) is 1. The van der Waals surface area contributed by atoms with Gasteiger partial charge in [0.15, 0.2) is 4.32 Å². The van der Waals surface area contributed by atoms with Crippen molar-refractivity contribution in [1.82, 2.24) is 0 Å². The number of amides is 1. The first kappa shape index (κ1) is 15.8. The minimum Gasteiger partial charge on any atom is -0.496 e. The second-order valence-electron chi connectivity index (χ2n) is 5.08. The van der Waals surface area contributed by atoms with Crippen molar-refractivity contribution in [3.05, 3.63) is 64.6 Å². The van der Waals surface area contributed by atoms with Crippen molar-refractivity contribution in [3.63, 3.8) is 0 Å². The third kappa shape index (κ3) is 3.16. The highest BCUT2D eigenvalue weighted by atomic mass is 32.2. The van der Waals surface area contributed by atoms with E-state index in [-0.39, 0.29) is 5.91 Å². The van der Waals surface area contributed by atoms with Crippen LogP contribution >= 0.6 is 24.0 Å². The Morgan fingerprint density at radius 3 is 2.57 bits per heavy atom. The predicted molar refractivity (Wildman–Crippen MR) is 99.8 cm³/mol. The average Bonchev–Trinajstić information content (AvgIpc) is 2.82. The minimum atomic E-state index is -0.0836. The Kier molecular flexibility index (Phi) is 4.50. The molecular weight excluding hydrogens is 326 g/mol. The molecule has 1 amide bonds. The van der Waals surface area contributed by atoms with E-state index >= 15 is 0 Å². The Morgan fingerprint density at radius 1 is 1.17 bits per heavy atom. The van der Waals surface area contributed by atoms with E-state index < -0.39 is 0 Å². The average molecular weight is 341 g/mol. The van der Waals surface area contributed by atoms with E-state index in [4.69, 9.17) is 17.0 Å². The molecule has 3 nitrogen and oxygen atoms in total. The Labute approximate surface area is 144 Å². The van der Waals surface area contributed by atoms with Gasteiger partial charge in [0.1, 0.15) is 5.75 Å². The Bertz CT molecular complexity index is 800. The largest absolute Gasteiger partial charge is 0.496 e. The van der Waals surface area contributed by atoms with Gasteiger partial charge in [-0.3, -0.25) is 9.69 Å². The van der Waals surface area contributed by atoms with Crippen LogP contribution in [-0.2, 0) is 4.79 Å². The summed E-state index contributed by atoms with van der Waals surface area (Å²) in [6, 6.07) is 15.3.